The van der Waals surface area contributed by atoms with Crippen LogP contribution in [0.4, 0.5) is 0 Å². The van der Waals surface area contributed by atoms with Crippen molar-refractivity contribution in [2.45, 2.75) is 26.3 Å². The molecule has 90 valence electrons. The van der Waals surface area contributed by atoms with Crippen LogP contribution in [-0.4, -0.2) is 36.7 Å². The van der Waals surface area contributed by atoms with E-state index in [9.17, 15) is 0 Å². The third-order valence-electron chi connectivity index (χ3n) is 3.26. The summed E-state index contributed by atoms with van der Waals surface area (Å²) in [6.45, 7) is 6.37. The molecule has 0 bridgehead atoms. The van der Waals surface area contributed by atoms with Gasteiger partial charge in [-0.25, -0.2) is 0 Å². The van der Waals surface area contributed by atoms with Crippen molar-refractivity contribution in [3.8, 4) is 0 Å². The maximum atomic E-state index is 5.24. The van der Waals surface area contributed by atoms with Crippen LogP contribution in [-0.2, 0) is 6.54 Å². The Morgan fingerprint density at radius 1 is 1.50 bits per heavy atom. The normalized spacial score (nSPS) is 19.1. The summed E-state index contributed by atoms with van der Waals surface area (Å²) in [4.78, 5) is 2.45. The van der Waals surface area contributed by atoms with E-state index in [0.717, 1.165) is 30.5 Å². The van der Waals surface area contributed by atoms with E-state index in [4.69, 9.17) is 4.52 Å². The third-order valence-corrected chi connectivity index (χ3v) is 3.26. The molecule has 1 aromatic rings. The third kappa shape index (κ3) is 3.06. The molecule has 0 radical (unpaired) electrons. The van der Waals surface area contributed by atoms with Crippen molar-refractivity contribution in [2.75, 3.05) is 26.7 Å². The Kier molecular flexibility index (Phi) is 3.96. The van der Waals surface area contributed by atoms with E-state index in [0.29, 0.717) is 0 Å². The number of piperidine rings is 1. The van der Waals surface area contributed by atoms with Crippen LogP contribution in [0.2, 0.25) is 0 Å². The van der Waals surface area contributed by atoms with E-state index in [-0.39, 0.29) is 0 Å². The summed E-state index contributed by atoms with van der Waals surface area (Å²) in [7, 11) is 2.03. The van der Waals surface area contributed by atoms with Gasteiger partial charge in [0.25, 0.3) is 0 Å². The monoisotopic (exact) mass is 223 g/mol. The van der Waals surface area contributed by atoms with Gasteiger partial charge in [-0.15, -0.1) is 0 Å². The molecule has 2 rings (SSSR count). The molecule has 1 aromatic heterocycles. The first-order valence-electron chi connectivity index (χ1n) is 6.07. The molecule has 4 nitrogen and oxygen atoms in total. The fourth-order valence-electron chi connectivity index (χ4n) is 2.35. The summed E-state index contributed by atoms with van der Waals surface area (Å²) in [5.41, 5.74) is 0.972. The molecular formula is C12H21N3O. The molecule has 2 heterocycles. The van der Waals surface area contributed by atoms with Crippen LogP contribution >= 0.6 is 0 Å². The van der Waals surface area contributed by atoms with Crippen molar-refractivity contribution in [1.29, 1.82) is 0 Å². The van der Waals surface area contributed by atoms with Crippen LogP contribution in [0.25, 0.3) is 0 Å². The molecule has 0 aliphatic carbocycles. The van der Waals surface area contributed by atoms with Gasteiger partial charge in [-0.1, -0.05) is 5.16 Å². The van der Waals surface area contributed by atoms with E-state index in [1.807, 2.05) is 20.0 Å². The van der Waals surface area contributed by atoms with Gasteiger partial charge in [0.2, 0.25) is 0 Å². The number of hydrogen-bond acceptors (Lipinski definition) is 4. The number of rotatable bonds is 4. The molecule has 0 saturated carbocycles. The standard InChI is InChI=1S/C12H21N3O/c1-10-7-12(16-14-10)9-15-5-3-11(4-6-15)8-13-2/h7,11,13H,3-6,8-9H2,1-2H3. The largest absolute Gasteiger partial charge is 0.360 e. The maximum absolute atomic E-state index is 5.24. The van der Waals surface area contributed by atoms with E-state index >= 15 is 0 Å². The Hall–Kier alpha value is -0.870. The highest BCUT2D eigenvalue weighted by atomic mass is 16.5. The second kappa shape index (κ2) is 5.46. The maximum Gasteiger partial charge on any atom is 0.150 e. The molecule has 1 saturated heterocycles. The van der Waals surface area contributed by atoms with Gasteiger partial charge in [0, 0.05) is 6.07 Å². The minimum absolute atomic E-state index is 0.845. The predicted octanol–water partition coefficient (Wildman–Crippen LogP) is 1.41. The average Bonchev–Trinajstić information content (AvgIpc) is 2.67. The summed E-state index contributed by atoms with van der Waals surface area (Å²) in [6, 6.07) is 2.03. The van der Waals surface area contributed by atoms with Gasteiger partial charge in [-0.2, -0.15) is 0 Å². The van der Waals surface area contributed by atoms with Crippen molar-refractivity contribution in [3.63, 3.8) is 0 Å². The quantitative estimate of drug-likeness (QED) is 0.838. The summed E-state index contributed by atoms with van der Waals surface area (Å²) in [5.74, 6) is 1.84. The molecule has 0 amide bonds. The lowest BCUT2D eigenvalue weighted by Gasteiger charge is -2.30. The average molecular weight is 223 g/mol. The Labute approximate surface area is 97.0 Å². The summed E-state index contributed by atoms with van der Waals surface area (Å²) in [5, 5.41) is 7.17. The Morgan fingerprint density at radius 2 is 2.25 bits per heavy atom. The highest BCUT2D eigenvalue weighted by molar-refractivity contribution is 5.02. The number of nitrogens with zero attached hydrogens (tertiary/aromatic N) is 2. The van der Waals surface area contributed by atoms with Crippen LogP contribution in [0.15, 0.2) is 10.6 Å². The Balaban J connectivity index is 1.77. The predicted molar refractivity (Wildman–Crippen MR) is 63.2 cm³/mol. The van der Waals surface area contributed by atoms with E-state index in [2.05, 4.69) is 15.4 Å². The van der Waals surface area contributed by atoms with Gasteiger partial charge in [0.05, 0.1) is 12.2 Å². The zero-order chi connectivity index (χ0) is 11.4. The van der Waals surface area contributed by atoms with E-state index in [1.165, 1.54) is 25.9 Å². The SMILES string of the molecule is CNCC1CCN(Cc2cc(C)no2)CC1. The van der Waals surface area contributed by atoms with Crippen molar-refractivity contribution < 1.29 is 4.52 Å². The first kappa shape index (κ1) is 11.6. The van der Waals surface area contributed by atoms with E-state index < -0.39 is 0 Å². The molecule has 0 aromatic carbocycles. The minimum Gasteiger partial charge on any atom is -0.360 e. The van der Waals surface area contributed by atoms with Crippen molar-refractivity contribution in [1.82, 2.24) is 15.4 Å². The fourth-order valence-corrected chi connectivity index (χ4v) is 2.35. The van der Waals surface area contributed by atoms with Gasteiger partial charge in [0.1, 0.15) is 0 Å². The first-order chi connectivity index (χ1) is 7.78. The zero-order valence-corrected chi connectivity index (χ0v) is 10.2. The molecule has 0 unspecified atom stereocenters. The van der Waals surface area contributed by atoms with Gasteiger partial charge in [0.15, 0.2) is 5.76 Å². The molecule has 0 atom stereocenters. The van der Waals surface area contributed by atoms with Crippen molar-refractivity contribution >= 4 is 0 Å². The Bertz CT molecular complexity index is 316. The lowest BCUT2D eigenvalue weighted by atomic mass is 9.97. The second-order valence-electron chi connectivity index (χ2n) is 4.71. The number of hydrogen-bond donors (Lipinski definition) is 1. The molecule has 1 aliphatic rings. The number of aryl methyl sites for hydroxylation is 1. The minimum atomic E-state index is 0.845. The van der Waals surface area contributed by atoms with Crippen LogP contribution in [0.1, 0.15) is 24.3 Å². The number of likely N-dealkylation sites (tertiary alicyclic amines) is 1. The summed E-state index contributed by atoms with van der Waals surface area (Å²) < 4.78 is 5.24. The van der Waals surface area contributed by atoms with Crippen LogP contribution in [0, 0.1) is 12.8 Å². The van der Waals surface area contributed by atoms with Crippen LogP contribution in [0.3, 0.4) is 0 Å². The van der Waals surface area contributed by atoms with Gasteiger partial charge in [-0.05, 0) is 52.4 Å². The van der Waals surface area contributed by atoms with Crippen LogP contribution < -0.4 is 5.32 Å². The summed E-state index contributed by atoms with van der Waals surface area (Å²) in [6.07, 6.45) is 2.57. The molecule has 0 spiro atoms. The molecule has 1 N–H and O–H groups in total. The fraction of sp³-hybridized carbons (Fsp3) is 0.750. The lowest BCUT2D eigenvalue weighted by molar-refractivity contribution is 0.161. The van der Waals surface area contributed by atoms with Gasteiger partial charge < -0.3 is 9.84 Å². The molecule has 1 aliphatic heterocycles. The second-order valence-corrected chi connectivity index (χ2v) is 4.71. The topological polar surface area (TPSA) is 41.3 Å². The molecule has 4 heteroatoms. The molecule has 16 heavy (non-hydrogen) atoms. The first-order valence-corrected chi connectivity index (χ1v) is 6.07. The van der Waals surface area contributed by atoms with Crippen LogP contribution in [0.5, 0.6) is 0 Å². The highest BCUT2D eigenvalue weighted by Gasteiger charge is 2.19. The molecular weight excluding hydrogens is 202 g/mol. The van der Waals surface area contributed by atoms with E-state index in [1.54, 1.807) is 0 Å². The summed E-state index contributed by atoms with van der Waals surface area (Å²) >= 11 is 0. The number of aromatic nitrogens is 1. The number of nitrogens with one attached hydrogen (secondary N) is 1. The van der Waals surface area contributed by atoms with Gasteiger partial charge in [-0.3, -0.25) is 4.90 Å². The smallest absolute Gasteiger partial charge is 0.150 e. The van der Waals surface area contributed by atoms with Crippen molar-refractivity contribution in [3.05, 3.63) is 17.5 Å². The van der Waals surface area contributed by atoms with Crippen molar-refractivity contribution in [2.24, 2.45) is 5.92 Å². The Morgan fingerprint density at radius 3 is 2.81 bits per heavy atom. The van der Waals surface area contributed by atoms with Gasteiger partial charge >= 0.3 is 0 Å². The zero-order valence-electron chi connectivity index (χ0n) is 10.2. The molecule has 1 fully saturated rings. The highest BCUT2D eigenvalue weighted by Crippen LogP contribution is 2.18. The lowest BCUT2D eigenvalue weighted by Crippen LogP contribution is -2.36.